The summed E-state index contributed by atoms with van der Waals surface area (Å²) in [4.78, 5) is 15.0. The van der Waals surface area contributed by atoms with Gasteiger partial charge >= 0.3 is 0 Å². The molecule has 4 nitrogen and oxygen atoms in total. The normalized spacial score (nSPS) is 12.5. The first-order valence-electron chi connectivity index (χ1n) is 7.63. The van der Waals surface area contributed by atoms with Gasteiger partial charge in [-0.1, -0.05) is 25.1 Å². The Hall–Kier alpha value is -1.81. The first kappa shape index (κ1) is 15.6. The van der Waals surface area contributed by atoms with Gasteiger partial charge in [-0.05, 0) is 36.8 Å². The summed E-state index contributed by atoms with van der Waals surface area (Å²) in [6, 6.07) is 8.23. The predicted octanol–water partition coefficient (Wildman–Crippen LogP) is 2.63. The largest absolute Gasteiger partial charge is 0.396 e. The zero-order valence-electron chi connectivity index (χ0n) is 12.6. The fourth-order valence-corrected chi connectivity index (χ4v) is 2.48. The number of nitrogens with one attached hydrogen (secondary N) is 2. The Morgan fingerprint density at radius 3 is 3.00 bits per heavy atom. The summed E-state index contributed by atoms with van der Waals surface area (Å²) in [5.74, 6) is 0.423. The Morgan fingerprint density at radius 2 is 2.19 bits per heavy atom. The van der Waals surface area contributed by atoms with Crippen LogP contribution in [0.4, 0.5) is 0 Å². The van der Waals surface area contributed by atoms with E-state index in [-0.39, 0.29) is 12.5 Å². The number of aromatic amines is 1. The maximum absolute atomic E-state index is 11.8. The monoisotopic (exact) mass is 288 g/mol. The minimum atomic E-state index is 0.0969. The van der Waals surface area contributed by atoms with Gasteiger partial charge in [0, 0.05) is 36.7 Å². The van der Waals surface area contributed by atoms with Crippen molar-refractivity contribution in [2.75, 3.05) is 13.2 Å². The second kappa shape index (κ2) is 7.84. The minimum Gasteiger partial charge on any atom is -0.396 e. The molecule has 2 aromatic rings. The molecular formula is C17H24N2O2. The Labute approximate surface area is 125 Å². The highest BCUT2D eigenvalue weighted by Crippen LogP contribution is 2.19. The van der Waals surface area contributed by atoms with Gasteiger partial charge in [0.1, 0.15) is 0 Å². The highest BCUT2D eigenvalue weighted by Gasteiger charge is 2.07. The highest BCUT2D eigenvalue weighted by atomic mass is 16.3. The molecule has 0 saturated heterocycles. The molecule has 114 valence electrons. The van der Waals surface area contributed by atoms with Crippen LogP contribution in [0.5, 0.6) is 0 Å². The molecule has 0 aliphatic carbocycles. The van der Waals surface area contributed by atoms with E-state index in [1.807, 2.05) is 25.3 Å². The molecule has 0 aliphatic heterocycles. The molecule has 0 radical (unpaired) electrons. The molecule has 1 aromatic heterocycles. The second-order valence-corrected chi connectivity index (χ2v) is 5.63. The van der Waals surface area contributed by atoms with E-state index in [4.69, 9.17) is 5.11 Å². The molecule has 0 spiro atoms. The quantitative estimate of drug-likeness (QED) is 0.699. The SMILES string of the molecule is CC(CCO)CNC(=O)CCCc1c[nH]c2ccccc12. The number of fused-ring (bicyclic) bond motifs is 1. The van der Waals surface area contributed by atoms with Gasteiger partial charge in [0.05, 0.1) is 0 Å². The van der Waals surface area contributed by atoms with Crippen molar-refractivity contribution in [3.05, 3.63) is 36.0 Å². The summed E-state index contributed by atoms with van der Waals surface area (Å²) in [6.45, 7) is 2.85. The number of para-hydroxylation sites is 1. The first-order chi connectivity index (χ1) is 10.2. The van der Waals surface area contributed by atoms with Gasteiger partial charge < -0.3 is 15.4 Å². The molecule has 1 heterocycles. The van der Waals surface area contributed by atoms with Crippen molar-refractivity contribution in [1.82, 2.24) is 10.3 Å². The predicted molar refractivity (Wildman–Crippen MR) is 85.1 cm³/mol. The average Bonchev–Trinajstić information content (AvgIpc) is 2.89. The van der Waals surface area contributed by atoms with Gasteiger partial charge in [-0.15, -0.1) is 0 Å². The topological polar surface area (TPSA) is 65.1 Å². The van der Waals surface area contributed by atoms with E-state index in [0.717, 1.165) is 24.8 Å². The van der Waals surface area contributed by atoms with Crippen molar-refractivity contribution in [2.45, 2.75) is 32.6 Å². The van der Waals surface area contributed by atoms with Gasteiger partial charge in [0.25, 0.3) is 0 Å². The molecule has 4 heteroatoms. The Morgan fingerprint density at radius 1 is 1.38 bits per heavy atom. The zero-order valence-corrected chi connectivity index (χ0v) is 12.6. The molecule has 1 amide bonds. The third-order valence-corrected chi connectivity index (χ3v) is 3.79. The van der Waals surface area contributed by atoms with Crippen LogP contribution in [0.3, 0.4) is 0 Å². The number of hydrogen-bond acceptors (Lipinski definition) is 2. The summed E-state index contributed by atoms with van der Waals surface area (Å²) >= 11 is 0. The number of aryl methyl sites for hydroxylation is 1. The van der Waals surface area contributed by atoms with Crippen LogP contribution in [0.25, 0.3) is 10.9 Å². The van der Waals surface area contributed by atoms with Crippen LogP contribution in [0.1, 0.15) is 31.7 Å². The van der Waals surface area contributed by atoms with Crippen molar-refractivity contribution >= 4 is 16.8 Å². The van der Waals surface area contributed by atoms with Crippen molar-refractivity contribution in [3.63, 3.8) is 0 Å². The Balaban J connectivity index is 1.73. The standard InChI is InChI=1S/C17H24N2O2/c1-13(9-10-20)11-19-17(21)8-4-5-14-12-18-16-7-3-2-6-15(14)16/h2-3,6-7,12-13,18,20H,4-5,8-11H2,1H3,(H,19,21). The summed E-state index contributed by atoms with van der Waals surface area (Å²) < 4.78 is 0. The number of H-pyrrole nitrogens is 1. The molecule has 1 unspecified atom stereocenters. The lowest BCUT2D eigenvalue weighted by Gasteiger charge is -2.10. The molecule has 0 saturated carbocycles. The number of rotatable bonds is 8. The fraction of sp³-hybridized carbons (Fsp3) is 0.471. The summed E-state index contributed by atoms with van der Waals surface area (Å²) in [7, 11) is 0. The molecule has 0 bridgehead atoms. The lowest BCUT2D eigenvalue weighted by Crippen LogP contribution is -2.28. The van der Waals surface area contributed by atoms with E-state index in [1.165, 1.54) is 10.9 Å². The number of aliphatic hydroxyl groups is 1. The molecule has 2 rings (SSSR count). The second-order valence-electron chi connectivity index (χ2n) is 5.63. The highest BCUT2D eigenvalue weighted by molar-refractivity contribution is 5.83. The number of benzene rings is 1. The van der Waals surface area contributed by atoms with Gasteiger partial charge in [0.15, 0.2) is 0 Å². The molecular weight excluding hydrogens is 264 g/mol. The maximum atomic E-state index is 11.8. The number of amides is 1. The first-order valence-corrected chi connectivity index (χ1v) is 7.63. The third kappa shape index (κ3) is 4.60. The molecule has 1 atom stereocenters. The van der Waals surface area contributed by atoms with Crippen LogP contribution in [0.15, 0.2) is 30.5 Å². The van der Waals surface area contributed by atoms with E-state index in [1.54, 1.807) is 0 Å². The smallest absolute Gasteiger partial charge is 0.220 e. The molecule has 0 aliphatic rings. The van der Waals surface area contributed by atoms with Gasteiger partial charge in [-0.2, -0.15) is 0 Å². The lowest BCUT2D eigenvalue weighted by molar-refractivity contribution is -0.121. The van der Waals surface area contributed by atoms with Gasteiger partial charge in [0.2, 0.25) is 5.91 Å². The van der Waals surface area contributed by atoms with Crippen LogP contribution in [0.2, 0.25) is 0 Å². The van der Waals surface area contributed by atoms with E-state index in [0.29, 0.717) is 18.9 Å². The Bertz CT molecular complexity index is 577. The number of aromatic nitrogens is 1. The lowest BCUT2D eigenvalue weighted by atomic mass is 10.1. The van der Waals surface area contributed by atoms with Crippen LogP contribution in [-0.2, 0) is 11.2 Å². The number of hydrogen-bond donors (Lipinski definition) is 3. The van der Waals surface area contributed by atoms with Gasteiger partial charge in [-0.3, -0.25) is 4.79 Å². The van der Waals surface area contributed by atoms with Crippen molar-refractivity contribution < 1.29 is 9.90 Å². The van der Waals surface area contributed by atoms with Crippen molar-refractivity contribution in [2.24, 2.45) is 5.92 Å². The fourth-order valence-electron chi connectivity index (χ4n) is 2.48. The molecule has 0 fully saturated rings. The summed E-state index contributed by atoms with van der Waals surface area (Å²) in [6.07, 6.45) is 5.07. The number of carbonyl (C=O) groups excluding carboxylic acids is 1. The van der Waals surface area contributed by atoms with E-state index >= 15 is 0 Å². The summed E-state index contributed by atoms with van der Waals surface area (Å²) in [5, 5.41) is 13.0. The zero-order chi connectivity index (χ0) is 15.1. The van der Waals surface area contributed by atoms with E-state index in [2.05, 4.69) is 22.4 Å². The minimum absolute atomic E-state index is 0.0969. The average molecular weight is 288 g/mol. The van der Waals surface area contributed by atoms with E-state index < -0.39 is 0 Å². The van der Waals surface area contributed by atoms with Crippen molar-refractivity contribution in [1.29, 1.82) is 0 Å². The maximum Gasteiger partial charge on any atom is 0.220 e. The molecule has 1 aromatic carbocycles. The molecule has 21 heavy (non-hydrogen) atoms. The summed E-state index contributed by atoms with van der Waals surface area (Å²) in [5.41, 5.74) is 2.42. The van der Waals surface area contributed by atoms with Crippen LogP contribution >= 0.6 is 0 Å². The number of carbonyl (C=O) groups is 1. The van der Waals surface area contributed by atoms with Crippen LogP contribution in [-0.4, -0.2) is 29.1 Å². The van der Waals surface area contributed by atoms with Gasteiger partial charge in [-0.25, -0.2) is 0 Å². The third-order valence-electron chi connectivity index (χ3n) is 3.79. The van der Waals surface area contributed by atoms with Crippen LogP contribution < -0.4 is 5.32 Å². The Kier molecular flexibility index (Phi) is 5.81. The number of aliphatic hydroxyl groups excluding tert-OH is 1. The van der Waals surface area contributed by atoms with Crippen LogP contribution in [0, 0.1) is 5.92 Å². The van der Waals surface area contributed by atoms with Crippen molar-refractivity contribution in [3.8, 4) is 0 Å². The molecule has 3 N–H and O–H groups in total. The van der Waals surface area contributed by atoms with E-state index in [9.17, 15) is 4.79 Å².